The standard InChI is InChI=1S/C12H15BrFNO2/c1-12(2,14)9-4-3-7(5-10(9)13)8(6-15)11(16)17/h3-5,8H,6,15H2,1-2H3,(H,16,17). The lowest BCUT2D eigenvalue weighted by Crippen LogP contribution is -2.21. The third kappa shape index (κ3) is 3.26. The smallest absolute Gasteiger partial charge is 0.312 e. The molecular weight excluding hydrogens is 289 g/mol. The van der Waals surface area contributed by atoms with Crippen LogP contribution < -0.4 is 5.73 Å². The minimum atomic E-state index is -1.47. The molecule has 5 heteroatoms. The van der Waals surface area contributed by atoms with Crippen LogP contribution in [0.2, 0.25) is 0 Å². The molecular formula is C12H15BrFNO2. The van der Waals surface area contributed by atoms with Gasteiger partial charge in [-0.2, -0.15) is 0 Å². The average Bonchev–Trinajstić information content (AvgIpc) is 2.15. The molecule has 17 heavy (non-hydrogen) atoms. The van der Waals surface area contributed by atoms with E-state index in [4.69, 9.17) is 10.8 Å². The first-order chi connectivity index (χ1) is 7.77. The highest BCUT2D eigenvalue weighted by Gasteiger charge is 2.24. The largest absolute Gasteiger partial charge is 0.481 e. The lowest BCUT2D eigenvalue weighted by atomic mass is 9.94. The summed E-state index contributed by atoms with van der Waals surface area (Å²) in [5.41, 5.74) is 4.99. The predicted molar refractivity (Wildman–Crippen MR) is 67.7 cm³/mol. The summed E-state index contributed by atoms with van der Waals surface area (Å²) in [4.78, 5) is 11.0. The number of halogens is 2. The van der Waals surface area contributed by atoms with Crippen LogP contribution in [0.4, 0.5) is 4.39 Å². The second-order valence-electron chi connectivity index (χ2n) is 4.34. The number of hydrogen-bond donors (Lipinski definition) is 2. The molecule has 94 valence electrons. The molecule has 0 aliphatic carbocycles. The lowest BCUT2D eigenvalue weighted by Gasteiger charge is -2.18. The normalized spacial score (nSPS) is 13.5. The highest BCUT2D eigenvalue weighted by atomic mass is 79.9. The number of rotatable bonds is 4. The fraction of sp³-hybridized carbons (Fsp3) is 0.417. The Labute approximate surface area is 108 Å². The van der Waals surface area contributed by atoms with Gasteiger partial charge in [-0.1, -0.05) is 28.1 Å². The molecule has 0 aliphatic heterocycles. The van der Waals surface area contributed by atoms with Crippen molar-refractivity contribution in [2.75, 3.05) is 6.54 Å². The fourth-order valence-electron chi connectivity index (χ4n) is 1.61. The van der Waals surface area contributed by atoms with Crippen LogP contribution in [0.1, 0.15) is 30.9 Å². The van der Waals surface area contributed by atoms with E-state index in [-0.39, 0.29) is 6.54 Å². The van der Waals surface area contributed by atoms with E-state index < -0.39 is 17.6 Å². The van der Waals surface area contributed by atoms with Crippen molar-refractivity contribution in [3.05, 3.63) is 33.8 Å². The summed E-state index contributed by atoms with van der Waals surface area (Å²) >= 11 is 3.26. The fourth-order valence-corrected chi connectivity index (χ4v) is 2.48. The van der Waals surface area contributed by atoms with Crippen LogP contribution in [0.15, 0.2) is 22.7 Å². The van der Waals surface area contributed by atoms with Crippen molar-refractivity contribution >= 4 is 21.9 Å². The maximum Gasteiger partial charge on any atom is 0.312 e. The maximum absolute atomic E-state index is 13.8. The van der Waals surface area contributed by atoms with Crippen molar-refractivity contribution in [3.8, 4) is 0 Å². The van der Waals surface area contributed by atoms with E-state index in [9.17, 15) is 9.18 Å². The Kier molecular flexibility index (Phi) is 4.27. The van der Waals surface area contributed by atoms with Crippen LogP contribution in [0.25, 0.3) is 0 Å². The Morgan fingerprint density at radius 2 is 2.18 bits per heavy atom. The summed E-state index contributed by atoms with van der Waals surface area (Å²) in [5.74, 6) is -1.74. The van der Waals surface area contributed by atoms with E-state index in [1.807, 2.05) is 0 Å². The molecule has 0 saturated carbocycles. The number of carbonyl (C=O) groups is 1. The molecule has 0 heterocycles. The number of hydrogen-bond acceptors (Lipinski definition) is 2. The number of alkyl halides is 1. The van der Waals surface area contributed by atoms with Crippen molar-refractivity contribution in [3.63, 3.8) is 0 Å². The second kappa shape index (κ2) is 5.14. The van der Waals surface area contributed by atoms with Gasteiger partial charge in [0.2, 0.25) is 0 Å². The molecule has 1 aromatic carbocycles. The molecule has 0 aliphatic rings. The van der Waals surface area contributed by atoms with Crippen LogP contribution >= 0.6 is 15.9 Å². The molecule has 3 N–H and O–H groups in total. The maximum atomic E-state index is 13.8. The third-order valence-corrected chi connectivity index (χ3v) is 3.23. The minimum absolute atomic E-state index is 0.0140. The van der Waals surface area contributed by atoms with E-state index in [1.54, 1.807) is 18.2 Å². The van der Waals surface area contributed by atoms with Crippen LogP contribution in [0.3, 0.4) is 0 Å². The van der Waals surface area contributed by atoms with E-state index in [0.29, 0.717) is 15.6 Å². The Morgan fingerprint density at radius 1 is 1.59 bits per heavy atom. The number of carboxylic acids is 1. The quantitative estimate of drug-likeness (QED) is 0.899. The zero-order valence-corrected chi connectivity index (χ0v) is 11.3. The van der Waals surface area contributed by atoms with Crippen LogP contribution in [-0.2, 0) is 10.5 Å². The number of carboxylic acid groups (broad SMARTS) is 1. The predicted octanol–water partition coefficient (Wildman–Crippen LogP) is 2.78. The first kappa shape index (κ1) is 14.1. The molecule has 0 spiro atoms. The molecule has 1 aromatic rings. The SMILES string of the molecule is CC(C)(F)c1ccc(C(CN)C(=O)O)cc1Br. The van der Waals surface area contributed by atoms with E-state index >= 15 is 0 Å². The minimum Gasteiger partial charge on any atom is -0.481 e. The summed E-state index contributed by atoms with van der Waals surface area (Å²) in [6, 6.07) is 4.81. The van der Waals surface area contributed by atoms with E-state index in [2.05, 4.69) is 15.9 Å². The van der Waals surface area contributed by atoms with Gasteiger partial charge in [0.05, 0.1) is 5.92 Å². The molecule has 0 aromatic heterocycles. The summed E-state index contributed by atoms with van der Waals surface area (Å²) in [6.45, 7) is 2.91. The zero-order valence-electron chi connectivity index (χ0n) is 9.71. The van der Waals surface area contributed by atoms with Crippen molar-refractivity contribution in [1.29, 1.82) is 0 Å². The van der Waals surface area contributed by atoms with Gasteiger partial charge in [-0.15, -0.1) is 0 Å². The molecule has 0 amide bonds. The Bertz CT molecular complexity index is 429. The van der Waals surface area contributed by atoms with Crippen LogP contribution in [0, 0.1) is 0 Å². The van der Waals surface area contributed by atoms with Crippen LogP contribution in [-0.4, -0.2) is 17.6 Å². The Morgan fingerprint density at radius 3 is 2.53 bits per heavy atom. The summed E-state index contributed by atoms with van der Waals surface area (Å²) < 4.78 is 14.3. The lowest BCUT2D eigenvalue weighted by molar-refractivity contribution is -0.138. The molecule has 1 atom stereocenters. The average molecular weight is 304 g/mol. The molecule has 0 radical (unpaired) electrons. The first-order valence-electron chi connectivity index (χ1n) is 5.19. The van der Waals surface area contributed by atoms with Crippen molar-refractivity contribution in [1.82, 2.24) is 0 Å². The molecule has 3 nitrogen and oxygen atoms in total. The van der Waals surface area contributed by atoms with Gasteiger partial charge in [0.1, 0.15) is 5.67 Å². The van der Waals surface area contributed by atoms with Gasteiger partial charge in [-0.25, -0.2) is 4.39 Å². The van der Waals surface area contributed by atoms with Crippen molar-refractivity contribution < 1.29 is 14.3 Å². The number of aliphatic carboxylic acids is 1. The highest BCUT2D eigenvalue weighted by Crippen LogP contribution is 2.33. The topological polar surface area (TPSA) is 63.3 Å². The molecule has 0 bridgehead atoms. The summed E-state index contributed by atoms with van der Waals surface area (Å²) in [7, 11) is 0. The van der Waals surface area contributed by atoms with E-state index in [1.165, 1.54) is 13.8 Å². The van der Waals surface area contributed by atoms with Gasteiger partial charge in [-0.3, -0.25) is 4.79 Å². The van der Waals surface area contributed by atoms with Gasteiger partial charge in [0.25, 0.3) is 0 Å². The van der Waals surface area contributed by atoms with Crippen molar-refractivity contribution in [2.24, 2.45) is 5.73 Å². The zero-order chi connectivity index (χ0) is 13.2. The number of benzene rings is 1. The van der Waals surface area contributed by atoms with Crippen molar-refractivity contribution in [2.45, 2.75) is 25.4 Å². The van der Waals surface area contributed by atoms with Gasteiger partial charge in [-0.05, 0) is 25.5 Å². The van der Waals surface area contributed by atoms with Gasteiger partial charge in [0, 0.05) is 16.6 Å². The Hall–Kier alpha value is -0.940. The first-order valence-corrected chi connectivity index (χ1v) is 5.98. The monoisotopic (exact) mass is 303 g/mol. The second-order valence-corrected chi connectivity index (χ2v) is 5.19. The number of nitrogens with two attached hydrogens (primary N) is 1. The van der Waals surface area contributed by atoms with Gasteiger partial charge in [0.15, 0.2) is 0 Å². The van der Waals surface area contributed by atoms with Crippen LogP contribution in [0.5, 0.6) is 0 Å². The third-order valence-electron chi connectivity index (χ3n) is 2.57. The molecule has 0 saturated heterocycles. The molecule has 1 unspecified atom stereocenters. The highest BCUT2D eigenvalue weighted by molar-refractivity contribution is 9.10. The summed E-state index contributed by atoms with van der Waals surface area (Å²) in [6.07, 6.45) is 0. The molecule has 1 rings (SSSR count). The van der Waals surface area contributed by atoms with Gasteiger partial charge >= 0.3 is 5.97 Å². The Balaban J connectivity index is 3.16. The van der Waals surface area contributed by atoms with E-state index in [0.717, 1.165) is 0 Å². The summed E-state index contributed by atoms with van der Waals surface area (Å²) in [5, 5.41) is 8.98. The van der Waals surface area contributed by atoms with Gasteiger partial charge < -0.3 is 10.8 Å². The molecule has 0 fully saturated rings.